The van der Waals surface area contributed by atoms with Crippen molar-refractivity contribution >= 4 is 5.97 Å². The van der Waals surface area contributed by atoms with Crippen molar-refractivity contribution < 1.29 is 13.9 Å². The van der Waals surface area contributed by atoms with Gasteiger partial charge in [-0.1, -0.05) is 0 Å². The van der Waals surface area contributed by atoms with Crippen molar-refractivity contribution in [3.05, 3.63) is 23.7 Å². The molecular formula is C9H14N2O3. The molecule has 0 bridgehead atoms. The van der Waals surface area contributed by atoms with Gasteiger partial charge >= 0.3 is 5.97 Å². The molecule has 0 radical (unpaired) electrons. The highest BCUT2D eigenvalue weighted by Gasteiger charge is 2.10. The second-order valence-electron chi connectivity index (χ2n) is 2.99. The number of methoxy groups -OCH3 is 1. The van der Waals surface area contributed by atoms with Crippen LogP contribution in [-0.4, -0.2) is 32.2 Å². The Morgan fingerprint density at radius 3 is 2.86 bits per heavy atom. The molecule has 78 valence electrons. The van der Waals surface area contributed by atoms with E-state index in [4.69, 9.17) is 4.42 Å². The van der Waals surface area contributed by atoms with Crippen LogP contribution >= 0.6 is 0 Å². The third-order valence-corrected chi connectivity index (χ3v) is 1.62. The lowest BCUT2D eigenvalue weighted by Gasteiger charge is -2.09. The highest BCUT2D eigenvalue weighted by molar-refractivity contribution is 5.86. The van der Waals surface area contributed by atoms with E-state index in [1.807, 2.05) is 14.1 Å². The second kappa shape index (κ2) is 4.78. The first kappa shape index (κ1) is 10.7. The van der Waals surface area contributed by atoms with E-state index in [0.717, 1.165) is 0 Å². The minimum Gasteiger partial charge on any atom is -0.463 e. The number of carbonyl (C=O) groups is 1. The fourth-order valence-corrected chi connectivity index (χ4v) is 0.919. The Bertz CT molecular complexity index is 307. The monoisotopic (exact) mass is 198 g/mol. The van der Waals surface area contributed by atoms with Gasteiger partial charge in [-0.25, -0.2) is 10.2 Å². The molecule has 5 nitrogen and oxygen atoms in total. The number of hydrazine groups is 1. The molecule has 0 amide bonds. The predicted molar refractivity (Wildman–Crippen MR) is 50.6 cm³/mol. The summed E-state index contributed by atoms with van der Waals surface area (Å²) in [5.41, 5.74) is 3.02. The van der Waals surface area contributed by atoms with Gasteiger partial charge in [-0.3, -0.25) is 5.01 Å². The normalized spacial score (nSPS) is 10.6. The van der Waals surface area contributed by atoms with E-state index in [9.17, 15) is 4.79 Å². The molecule has 0 fully saturated rings. The number of hydrogen-bond acceptors (Lipinski definition) is 5. The van der Waals surface area contributed by atoms with Gasteiger partial charge in [-0.2, -0.15) is 0 Å². The number of nitrogens with one attached hydrogen (secondary N) is 1. The van der Waals surface area contributed by atoms with E-state index in [1.165, 1.54) is 7.11 Å². The molecule has 0 saturated carbocycles. The molecule has 5 heteroatoms. The fraction of sp³-hybridized carbons (Fsp3) is 0.444. The van der Waals surface area contributed by atoms with Crippen LogP contribution in [0, 0.1) is 0 Å². The third kappa shape index (κ3) is 2.86. The van der Waals surface area contributed by atoms with Crippen molar-refractivity contribution in [1.82, 2.24) is 10.4 Å². The summed E-state index contributed by atoms with van der Waals surface area (Å²) in [7, 11) is 5.08. The first-order valence-electron chi connectivity index (χ1n) is 4.21. The Kier molecular flexibility index (Phi) is 3.67. The van der Waals surface area contributed by atoms with Gasteiger partial charge in [-0.15, -0.1) is 0 Å². The lowest BCUT2D eigenvalue weighted by atomic mass is 10.4. The molecule has 0 aliphatic carbocycles. The van der Waals surface area contributed by atoms with E-state index in [-0.39, 0.29) is 5.76 Å². The number of rotatable bonds is 4. The summed E-state index contributed by atoms with van der Waals surface area (Å²) in [6.07, 6.45) is 0. The summed E-state index contributed by atoms with van der Waals surface area (Å²) in [4.78, 5) is 11.0. The maximum absolute atomic E-state index is 11.0. The van der Waals surface area contributed by atoms with Crippen LogP contribution in [0.2, 0.25) is 0 Å². The maximum Gasteiger partial charge on any atom is 0.373 e. The van der Waals surface area contributed by atoms with Gasteiger partial charge in [0.25, 0.3) is 0 Å². The Morgan fingerprint density at radius 2 is 2.29 bits per heavy atom. The van der Waals surface area contributed by atoms with Crippen molar-refractivity contribution in [2.75, 3.05) is 21.2 Å². The van der Waals surface area contributed by atoms with E-state index in [1.54, 1.807) is 17.1 Å². The van der Waals surface area contributed by atoms with Crippen molar-refractivity contribution in [1.29, 1.82) is 0 Å². The van der Waals surface area contributed by atoms with Crippen LogP contribution in [0.1, 0.15) is 16.3 Å². The van der Waals surface area contributed by atoms with Crippen LogP contribution in [0.25, 0.3) is 0 Å². The molecule has 1 N–H and O–H groups in total. The van der Waals surface area contributed by atoms with Crippen LogP contribution < -0.4 is 5.43 Å². The highest BCUT2D eigenvalue weighted by atomic mass is 16.5. The van der Waals surface area contributed by atoms with Crippen LogP contribution in [-0.2, 0) is 11.3 Å². The number of furan rings is 1. The first-order valence-corrected chi connectivity index (χ1v) is 4.21. The SMILES string of the molecule is COC(=O)c1ccc(CNN(C)C)o1. The summed E-state index contributed by atoms with van der Waals surface area (Å²) < 4.78 is 9.73. The van der Waals surface area contributed by atoms with E-state index < -0.39 is 5.97 Å². The Labute approximate surface area is 82.6 Å². The Morgan fingerprint density at radius 1 is 1.57 bits per heavy atom. The van der Waals surface area contributed by atoms with Crippen LogP contribution in [0.3, 0.4) is 0 Å². The molecule has 0 aliphatic heterocycles. The van der Waals surface area contributed by atoms with Crippen molar-refractivity contribution in [3.63, 3.8) is 0 Å². The topological polar surface area (TPSA) is 54.7 Å². The van der Waals surface area contributed by atoms with Gasteiger partial charge in [0.2, 0.25) is 5.76 Å². The van der Waals surface area contributed by atoms with Gasteiger partial charge in [0.15, 0.2) is 0 Å². The average molecular weight is 198 g/mol. The zero-order chi connectivity index (χ0) is 10.6. The molecule has 0 aliphatic rings. The number of esters is 1. The van der Waals surface area contributed by atoms with E-state index in [0.29, 0.717) is 12.3 Å². The van der Waals surface area contributed by atoms with E-state index >= 15 is 0 Å². The molecular weight excluding hydrogens is 184 g/mol. The minimum atomic E-state index is -0.457. The molecule has 0 unspecified atom stereocenters. The summed E-state index contributed by atoms with van der Waals surface area (Å²) in [5, 5.41) is 1.81. The summed E-state index contributed by atoms with van der Waals surface area (Å²) in [6.45, 7) is 0.546. The predicted octanol–water partition coefficient (Wildman–Crippen LogP) is 0.632. The highest BCUT2D eigenvalue weighted by Crippen LogP contribution is 2.08. The lowest BCUT2D eigenvalue weighted by Crippen LogP contribution is -2.29. The third-order valence-electron chi connectivity index (χ3n) is 1.62. The molecule has 0 aromatic carbocycles. The molecule has 1 rings (SSSR count). The zero-order valence-corrected chi connectivity index (χ0v) is 8.53. The van der Waals surface area contributed by atoms with Crippen molar-refractivity contribution in [2.45, 2.75) is 6.54 Å². The Balaban J connectivity index is 2.55. The van der Waals surface area contributed by atoms with Gasteiger partial charge < -0.3 is 9.15 Å². The fourth-order valence-electron chi connectivity index (χ4n) is 0.919. The molecule has 0 saturated heterocycles. The smallest absolute Gasteiger partial charge is 0.373 e. The van der Waals surface area contributed by atoms with Gasteiger partial charge in [0.1, 0.15) is 5.76 Å². The average Bonchev–Trinajstić information content (AvgIpc) is 2.62. The molecule has 1 aromatic rings. The Hall–Kier alpha value is -1.33. The summed E-state index contributed by atoms with van der Waals surface area (Å²) in [6, 6.07) is 3.33. The van der Waals surface area contributed by atoms with Crippen LogP contribution in [0.15, 0.2) is 16.5 Å². The molecule has 0 atom stereocenters. The number of nitrogens with zero attached hydrogens (tertiary/aromatic N) is 1. The molecule has 14 heavy (non-hydrogen) atoms. The van der Waals surface area contributed by atoms with Crippen molar-refractivity contribution in [2.24, 2.45) is 0 Å². The van der Waals surface area contributed by atoms with Crippen LogP contribution in [0.5, 0.6) is 0 Å². The zero-order valence-electron chi connectivity index (χ0n) is 8.53. The van der Waals surface area contributed by atoms with Gasteiger partial charge in [0, 0.05) is 14.1 Å². The van der Waals surface area contributed by atoms with Gasteiger partial charge in [-0.05, 0) is 12.1 Å². The maximum atomic E-state index is 11.0. The summed E-state index contributed by atoms with van der Waals surface area (Å²) >= 11 is 0. The number of carbonyl (C=O) groups excluding carboxylic acids is 1. The second-order valence-corrected chi connectivity index (χ2v) is 2.99. The molecule has 1 aromatic heterocycles. The minimum absolute atomic E-state index is 0.225. The largest absolute Gasteiger partial charge is 0.463 e. The first-order chi connectivity index (χ1) is 6.63. The van der Waals surface area contributed by atoms with Crippen LogP contribution in [0.4, 0.5) is 0 Å². The van der Waals surface area contributed by atoms with Gasteiger partial charge in [0.05, 0.1) is 13.7 Å². The number of hydrogen-bond donors (Lipinski definition) is 1. The summed E-state index contributed by atoms with van der Waals surface area (Å²) in [5.74, 6) is 0.461. The molecule has 1 heterocycles. The standard InChI is InChI=1S/C9H14N2O3/c1-11(2)10-6-7-4-5-8(14-7)9(12)13-3/h4-5,10H,6H2,1-3H3. The van der Waals surface area contributed by atoms with Crippen molar-refractivity contribution in [3.8, 4) is 0 Å². The number of ether oxygens (including phenoxy) is 1. The lowest BCUT2D eigenvalue weighted by molar-refractivity contribution is 0.0562. The van der Waals surface area contributed by atoms with E-state index in [2.05, 4.69) is 10.2 Å². The molecule has 0 spiro atoms. The quantitative estimate of drug-likeness (QED) is 0.568.